The molecule has 0 bridgehead atoms. The quantitative estimate of drug-likeness (QED) is 0.783. The van der Waals surface area contributed by atoms with Gasteiger partial charge in [-0.15, -0.1) is 0 Å². The predicted molar refractivity (Wildman–Crippen MR) is 52.3 cm³/mol. The van der Waals surface area contributed by atoms with E-state index in [9.17, 15) is 13.2 Å². The van der Waals surface area contributed by atoms with Gasteiger partial charge in [-0.05, 0) is 12.1 Å². The normalized spacial score (nSPS) is 11.1. The van der Waals surface area contributed by atoms with Gasteiger partial charge in [0.1, 0.15) is 0 Å². The fourth-order valence-electron chi connectivity index (χ4n) is 0.981. The van der Waals surface area contributed by atoms with Gasteiger partial charge in [0.2, 0.25) is 5.91 Å². The Hall–Kier alpha value is -1.36. The van der Waals surface area contributed by atoms with Crippen LogP contribution in [0.25, 0.3) is 0 Å². The Labute approximate surface area is 82.7 Å². The lowest BCUT2D eigenvalue weighted by atomic mass is 10.4. The Morgan fingerprint density at radius 1 is 1.21 bits per heavy atom. The molecule has 0 aliphatic rings. The summed E-state index contributed by atoms with van der Waals surface area (Å²) in [5.74, 6) is -0.837. The first-order valence-corrected chi connectivity index (χ1v) is 5.74. The van der Waals surface area contributed by atoms with Crippen LogP contribution in [0.2, 0.25) is 0 Å². The third-order valence-corrected chi connectivity index (χ3v) is 3.45. The first-order valence-electron chi connectivity index (χ1n) is 4.08. The highest BCUT2D eigenvalue weighted by Gasteiger charge is 2.14. The van der Waals surface area contributed by atoms with E-state index in [1.165, 1.54) is 12.1 Å². The summed E-state index contributed by atoms with van der Waals surface area (Å²) in [7, 11) is -3.36. The van der Waals surface area contributed by atoms with Crippen LogP contribution in [0.15, 0.2) is 35.2 Å². The molecule has 1 aromatic carbocycles. The summed E-state index contributed by atoms with van der Waals surface area (Å²) in [4.78, 5) is 10.7. The molecule has 0 aliphatic heterocycles. The van der Waals surface area contributed by atoms with Crippen LogP contribution in [0.4, 0.5) is 0 Å². The minimum Gasteiger partial charge on any atom is -0.370 e. The number of amides is 1. The molecular weight excluding hydrogens is 202 g/mol. The average Bonchev–Trinajstić information content (AvgIpc) is 2.16. The highest BCUT2D eigenvalue weighted by atomic mass is 32.2. The van der Waals surface area contributed by atoms with E-state index in [-0.39, 0.29) is 17.1 Å². The maximum absolute atomic E-state index is 11.5. The van der Waals surface area contributed by atoms with Crippen LogP contribution in [-0.4, -0.2) is 20.1 Å². The summed E-state index contributed by atoms with van der Waals surface area (Å²) in [5.41, 5.74) is 4.87. The van der Waals surface area contributed by atoms with Crippen molar-refractivity contribution in [1.82, 2.24) is 0 Å². The minimum absolute atomic E-state index is 0.142. The maximum atomic E-state index is 11.5. The fraction of sp³-hybridized carbons (Fsp3) is 0.222. The molecule has 0 saturated carbocycles. The highest BCUT2D eigenvalue weighted by Crippen LogP contribution is 2.10. The van der Waals surface area contributed by atoms with Gasteiger partial charge in [0.25, 0.3) is 0 Å². The molecule has 0 spiro atoms. The standard InChI is InChI=1S/C9H11NO3S/c10-9(11)6-7-14(12,13)8-4-2-1-3-5-8/h1-5H,6-7H2,(H2,10,11). The van der Waals surface area contributed by atoms with Gasteiger partial charge in [0, 0.05) is 6.42 Å². The minimum atomic E-state index is -3.36. The van der Waals surface area contributed by atoms with Gasteiger partial charge >= 0.3 is 0 Å². The van der Waals surface area contributed by atoms with E-state index in [1.54, 1.807) is 18.2 Å². The number of benzene rings is 1. The van der Waals surface area contributed by atoms with Crippen LogP contribution in [0, 0.1) is 0 Å². The van der Waals surface area contributed by atoms with E-state index < -0.39 is 15.7 Å². The van der Waals surface area contributed by atoms with Crippen LogP contribution in [0.3, 0.4) is 0 Å². The monoisotopic (exact) mass is 213 g/mol. The Morgan fingerprint density at radius 2 is 1.79 bits per heavy atom. The van der Waals surface area contributed by atoms with Crippen molar-refractivity contribution in [2.75, 3.05) is 5.75 Å². The maximum Gasteiger partial charge on any atom is 0.218 e. The van der Waals surface area contributed by atoms with E-state index in [0.717, 1.165) is 0 Å². The summed E-state index contributed by atoms with van der Waals surface area (Å²) >= 11 is 0. The molecule has 0 radical (unpaired) electrons. The molecule has 4 nitrogen and oxygen atoms in total. The molecule has 1 amide bonds. The predicted octanol–water partition coefficient (Wildman–Crippen LogP) is 0.336. The van der Waals surface area contributed by atoms with Crippen molar-refractivity contribution in [1.29, 1.82) is 0 Å². The Morgan fingerprint density at radius 3 is 2.29 bits per heavy atom. The van der Waals surface area contributed by atoms with Crippen molar-refractivity contribution >= 4 is 15.7 Å². The topological polar surface area (TPSA) is 77.2 Å². The molecule has 1 rings (SSSR count). The molecular formula is C9H11NO3S. The number of hydrogen-bond acceptors (Lipinski definition) is 3. The molecule has 0 heterocycles. The molecule has 0 atom stereocenters. The van der Waals surface area contributed by atoms with Gasteiger partial charge in [-0.1, -0.05) is 18.2 Å². The molecule has 1 aromatic rings. The molecule has 2 N–H and O–H groups in total. The summed E-state index contributed by atoms with van der Waals surface area (Å²) in [6, 6.07) is 7.99. The van der Waals surface area contributed by atoms with Crippen LogP contribution in [0.5, 0.6) is 0 Å². The number of rotatable bonds is 4. The van der Waals surface area contributed by atoms with Crippen molar-refractivity contribution in [2.24, 2.45) is 5.73 Å². The molecule has 0 unspecified atom stereocenters. The third kappa shape index (κ3) is 2.85. The van der Waals surface area contributed by atoms with Crippen LogP contribution in [-0.2, 0) is 14.6 Å². The second-order valence-electron chi connectivity index (χ2n) is 2.85. The van der Waals surface area contributed by atoms with Gasteiger partial charge in [0.05, 0.1) is 10.6 Å². The molecule has 14 heavy (non-hydrogen) atoms. The number of sulfone groups is 1. The molecule has 0 aliphatic carbocycles. The smallest absolute Gasteiger partial charge is 0.218 e. The van der Waals surface area contributed by atoms with Gasteiger partial charge in [-0.25, -0.2) is 8.42 Å². The van der Waals surface area contributed by atoms with Gasteiger partial charge < -0.3 is 5.73 Å². The molecule has 5 heteroatoms. The van der Waals surface area contributed by atoms with Crippen LogP contribution in [0.1, 0.15) is 6.42 Å². The summed E-state index contributed by atoms with van der Waals surface area (Å²) in [5, 5.41) is 0. The van der Waals surface area contributed by atoms with Crippen LogP contribution < -0.4 is 5.73 Å². The number of nitrogens with two attached hydrogens (primary N) is 1. The SMILES string of the molecule is NC(=O)CCS(=O)(=O)c1ccccc1. The van der Waals surface area contributed by atoms with E-state index in [1.807, 2.05) is 0 Å². The Bertz CT molecular complexity index is 411. The number of carbonyl (C=O) groups is 1. The van der Waals surface area contributed by atoms with Crippen molar-refractivity contribution in [3.8, 4) is 0 Å². The van der Waals surface area contributed by atoms with E-state index in [4.69, 9.17) is 5.73 Å². The highest BCUT2D eigenvalue weighted by molar-refractivity contribution is 7.91. The lowest BCUT2D eigenvalue weighted by molar-refractivity contribution is -0.117. The second kappa shape index (κ2) is 4.23. The Kier molecular flexibility index (Phi) is 3.24. The van der Waals surface area contributed by atoms with Crippen molar-refractivity contribution in [3.63, 3.8) is 0 Å². The lowest BCUT2D eigenvalue weighted by Crippen LogP contribution is -2.17. The van der Waals surface area contributed by atoms with E-state index in [0.29, 0.717) is 0 Å². The van der Waals surface area contributed by atoms with Gasteiger partial charge in [-0.3, -0.25) is 4.79 Å². The number of carbonyl (C=O) groups excluding carboxylic acids is 1. The lowest BCUT2D eigenvalue weighted by Gasteiger charge is -2.01. The second-order valence-corrected chi connectivity index (χ2v) is 4.96. The molecule has 76 valence electrons. The summed E-state index contributed by atoms with van der Waals surface area (Å²) in [6.07, 6.45) is -0.142. The zero-order valence-corrected chi connectivity index (χ0v) is 8.33. The third-order valence-electron chi connectivity index (χ3n) is 1.72. The van der Waals surface area contributed by atoms with Gasteiger partial charge in [0.15, 0.2) is 9.84 Å². The number of hydrogen-bond donors (Lipinski definition) is 1. The fourth-order valence-corrected chi connectivity index (χ4v) is 2.26. The first kappa shape index (κ1) is 10.7. The number of primary amides is 1. The van der Waals surface area contributed by atoms with Crippen LogP contribution >= 0.6 is 0 Å². The van der Waals surface area contributed by atoms with Crippen molar-refractivity contribution in [3.05, 3.63) is 30.3 Å². The zero-order valence-electron chi connectivity index (χ0n) is 7.51. The summed E-state index contributed by atoms with van der Waals surface area (Å²) < 4.78 is 23.1. The van der Waals surface area contributed by atoms with Crippen molar-refractivity contribution in [2.45, 2.75) is 11.3 Å². The van der Waals surface area contributed by atoms with E-state index in [2.05, 4.69) is 0 Å². The molecule has 0 saturated heterocycles. The Balaban J connectivity index is 2.82. The molecule has 0 fully saturated rings. The largest absolute Gasteiger partial charge is 0.370 e. The first-order chi connectivity index (χ1) is 6.52. The average molecular weight is 213 g/mol. The zero-order chi connectivity index (χ0) is 10.6. The summed E-state index contributed by atoms with van der Waals surface area (Å²) in [6.45, 7) is 0. The van der Waals surface area contributed by atoms with Gasteiger partial charge in [-0.2, -0.15) is 0 Å². The van der Waals surface area contributed by atoms with E-state index >= 15 is 0 Å². The van der Waals surface area contributed by atoms with Crippen molar-refractivity contribution < 1.29 is 13.2 Å². The molecule has 0 aromatic heterocycles.